The van der Waals surface area contributed by atoms with Gasteiger partial charge < -0.3 is 20.1 Å². The van der Waals surface area contributed by atoms with E-state index in [4.69, 9.17) is 0 Å². The van der Waals surface area contributed by atoms with Crippen molar-refractivity contribution in [3.8, 4) is 23.6 Å². The zero-order valence-corrected chi connectivity index (χ0v) is 18.4. The maximum atomic E-state index is 12.2. The van der Waals surface area contributed by atoms with Gasteiger partial charge in [-0.15, -0.1) is 0 Å². The first-order valence-electron chi connectivity index (χ1n) is 10.1. The minimum Gasteiger partial charge on any atom is -0.435 e. The van der Waals surface area contributed by atoms with Crippen LogP contribution in [0.4, 0.5) is 17.6 Å². The van der Waals surface area contributed by atoms with Crippen molar-refractivity contribution in [3.05, 3.63) is 70.8 Å². The summed E-state index contributed by atoms with van der Waals surface area (Å²) >= 11 is 0. The van der Waals surface area contributed by atoms with Gasteiger partial charge in [0.05, 0.1) is 0 Å². The summed E-state index contributed by atoms with van der Waals surface area (Å²) < 4.78 is 57.2. The predicted molar refractivity (Wildman–Crippen MR) is 119 cm³/mol. The maximum Gasteiger partial charge on any atom is 0.387 e. The van der Waals surface area contributed by atoms with E-state index in [1.807, 2.05) is 0 Å². The lowest BCUT2D eigenvalue weighted by Crippen LogP contribution is -2.35. The Labute approximate surface area is 203 Å². The molecule has 0 saturated carbocycles. The van der Waals surface area contributed by atoms with Crippen molar-refractivity contribution in [2.24, 2.45) is 0 Å². The number of amides is 2. The van der Waals surface area contributed by atoms with Crippen molar-refractivity contribution in [2.75, 3.05) is 13.1 Å². The Morgan fingerprint density at radius 3 is 1.33 bits per heavy atom. The zero-order valence-electron chi connectivity index (χ0n) is 18.4. The van der Waals surface area contributed by atoms with E-state index in [0.717, 1.165) is 0 Å². The summed E-state index contributed by atoms with van der Waals surface area (Å²) in [5.74, 6) is -1.63. The van der Waals surface area contributed by atoms with Gasteiger partial charge in [-0.3, -0.25) is 9.59 Å². The fraction of sp³-hybridized carbons (Fsp3) is 0.167. The zero-order chi connectivity index (χ0) is 26.5. The molecule has 0 fully saturated rings. The Balaban J connectivity index is 1.88. The van der Waals surface area contributed by atoms with Gasteiger partial charge in [0, 0.05) is 13.1 Å². The lowest BCUT2D eigenvalue weighted by atomic mass is 10.1. The number of carbonyl (C=O) groups excluding carboxylic acids is 2. The van der Waals surface area contributed by atoms with E-state index in [1.165, 1.54) is 60.7 Å². The number of benzene rings is 2. The molecule has 0 spiro atoms. The highest BCUT2D eigenvalue weighted by Gasteiger charge is 2.12. The molecule has 2 N–H and O–H groups in total. The normalized spacial score (nSPS) is 11.4. The summed E-state index contributed by atoms with van der Waals surface area (Å²) in [6.45, 7) is -6.09. The third-order valence-corrected chi connectivity index (χ3v) is 4.26. The number of nitrogens with one attached hydrogen (secondary N) is 2. The Hall–Kier alpha value is -4.84. The highest BCUT2D eigenvalue weighted by Crippen LogP contribution is 2.18. The van der Waals surface area contributed by atoms with Crippen LogP contribution in [0.5, 0.6) is 11.5 Å². The molecule has 8 nitrogen and oxygen atoms in total. The van der Waals surface area contributed by atoms with Crippen molar-refractivity contribution < 1.29 is 36.6 Å². The number of hydrogen-bond donors (Lipinski definition) is 2. The lowest BCUT2D eigenvalue weighted by Gasteiger charge is -2.07. The predicted octanol–water partition coefficient (Wildman–Crippen LogP) is 3.64. The highest BCUT2D eigenvalue weighted by atomic mass is 19.3. The summed E-state index contributed by atoms with van der Waals surface area (Å²) in [5, 5.41) is 23.3. The van der Waals surface area contributed by atoms with Gasteiger partial charge in [-0.05, 0) is 47.5 Å². The van der Waals surface area contributed by atoms with Crippen molar-refractivity contribution in [3.63, 3.8) is 0 Å². The molecule has 0 saturated heterocycles. The standard InChI is InChI=1S/C24H18F4N4O4/c25-23(26)35-19-5-1-15(2-6-19)11-17(13-29)21(33)31-9-10-32-22(34)18(14-30)12-16-3-7-20(8-4-16)36-24(27)28/h1-8,11-12,23-24H,9-10H2,(H,31,33)(H,32,34)/b17-11+,18-12+. The van der Waals surface area contributed by atoms with Gasteiger partial charge in [0.25, 0.3) is 11.8 Å². The van der Waals surface area contributed by atoms with Crippen LogP contribution in [0.15, 0.2) is 59.7 Å². The fourth-order valence-electron chi connectivity index (χ4n) is 2.66. The van der Waals surface area contributed by atoms with Gasteiger partial charge in [0.1, 0.15) is 34.8 Å². The molecular formula is C24H18F4N4O4. The van der Waals surface area contributed by atoms with E-state index in [0.29, 0.717) is 11.1 Å². The van der Waals surface area contributed by atoms with E-state index < -0.39 is 25.0 Å². The molecule has 2 amide bonds. The van der Waals surface area contributed by atoms with Gasteiger partial charge in [-0.1, -0.05) is 24.3 Å². The smallest absolute Gasteiger partial charge is 0.387 e. The minimum atomic E-state index is -2.98. The molecule has 0 heterocycles. The summed E-state index contributed by atoms with van der Waals surface area (Å²) in [7, 11) is 0. The third kappa shape index (κ3) is 9.19. The Kier molecular flexibility index (Phi) is 10.5. The van der Waals surface area contributed by atoms with Crippen LogP contribution in [0.3, 0.4) is 0 Å². The second kappa shape index (κ2) is 13.8. The number of nitriles is 2. The van der Waals surface area contributed by atoms with E-state index in [1.54, 1.807) is 12.1 Å². The van der Waals surface area contributed by atoms with Crippen molar-refractivity contribution in [1.82, 2.24) is 10.6 Å². The third-order valence-electron chi connectivity index (χ3n) is 4.26. The first kappa shape index (κ1) is 27.4. The number of halogens is 4. The second-order valence-electron chi connectivity index (χ2n) is 6.75. The fourth-order valence-corrected chi connectivity index (χ4v) is 2.66. The lowest BCUT2D eigenvalue weighted by molar-refractivity contribution is -0.118. The second-order valence-corrected chi connectivity index (χ2v) is 6.75. The largest absolute Gasteiger partial charge is 0.435 e. The van der Waals surface area contributed by atoms with Crippen LogP contribution in [-0.4, -0.2) is 38.1 Å². The molecule has 0 radical (unpaired) electrons. The molecule has 0 bridgehead atoms. The van der Waals surface area contributed by atoms with Gasteiger partial charge in [-0.2, -0.15) is 28.1 Å². The maximum absolute atomic E-state index is 12.2. The number of nitrogens with zero attached hydrogens (tertiary/aromatic N) is 2. The number of hydrogen-bond acceptors (Lipinski definition) is 6. The number of alkyl halides is 4. The molecule has 2 aromatic rings. The topological polar surface area (TPSA) is 124 Å². The van der Waals surface area contributed by atoms with E-state index >= 15 is 0 Å². The van der Waals surface area contributed by atoms with Crippen molar-refractivity contribution >= 4 is 24.0 Å². The van der Waals surface area contributed by atoms with Crippen LogP contribution in [0.25, 0.3) is 12.2 Å². The molecule has 12 heteroatoms. The summed E-state index contributed by atoms with van der Waals surface area (Å²) in [5.41, 5.74) is 0.268. The van der Waals surface area contributed by atoms with E-state index in [9.17, 15) is 37.7 Å². The average molecular weight is 502 g/mol. The quantitative estimate of drug-likeness (QED) is 0.209. The molecule has 0 aromatic heterocycles. The van der Waals surface area contributed by atoms with Crippen LogP contribution < -0.4 is 20.1 Å². The van der Waals surface area contributed by atoms with E-state index in [-0.39, 0.29) is 35.7 Å². The molecule has 2 aromatic carbocycles. The molecule has 0 atom stereocenters. The molecular weight excluding hydrogens is 484 g/mol. The average Bonchev–Trinajstić information content (AvgIpc) is 2.84. The van der Waals surface area contributed by atoms with Crippen LogP contribution in [0.2, 0.25) is 0 Å². The first-order valence-corrected chi connectivity index (χ1v) is 10.1. The van der Waals surface area contributed by atoms with Crippen LogP contribution in [0, 0.1) is 22.7 Å². The van der Waals surface area contributed by atoms with Gasteiger partial charge in [-0.25, -0.2) is 0 Å². The molecule has 0 unspecified atom stereocenters. The highest BCUT2D eigenvalue weighted by molar-refractivity contribution is 6.02. The van der Waals surface area contributed by atoms with Gasteiger partial charge >= 0.3 is 13.2 Å². The molecule has 36 heavy (non-hydrogen) atoms. The van der Waals surface area contributed by atoms with E-state index in [2.05, 4.69) is 20.1 Å². The van der Waals surface area contributed by atoms with Crippen LogP contribution in [0.1, 0.15) is 11.1 Å². The van der Waals surface area contributed by atoms with Gasteiger partial charge in [0.2, 0.25) is 0 Å². The first-order chi connectivity index (χ1) is 17.2. The Morgan fingerprint density at radius 2 is 1.06 bits per heavy atom. The number of rotatable bonds is 11. The summed E-state index contributed by atoms with van der Waals surface area (Å²) in [4.78, 5) is 24.4. The van der Waals surface area contributed by atoms with Crippen molar-refractivity contribution in [2.45, 2.75) is 13.2 Å². The summed E-state index contributed by atoms with van der Waals surface area (Å²) in [6, 6.07) is 14.0. The molecule has 186 valence electrons. The molecule has 0 aliphatic rings. The van der Waals surface area contributed by atoms with Crippen molar-refractivity contribution in [1.29, 1.82) is 10.5 Å². The van der Waals surface area contributed by atoms with Crippen LogP contribution in [-0.2, 0) is 9.59 Å². The SMILES string of the molecule is N#C/C(=C\c1ccc(OC(F)F)cc1)C(=O)NCCNC(=O)/C(C#N)=C/c1ccc(OC(F)F)cc1. The number of carbonyl (C=O) groups is 2. The molecule has 2 rings (SSSR count). The molecule has 0 aliphatic carbocycles. The number of ether oxygens (including phenoxy) is 2. The Morgan fingerprint density at radius 1 is 0.722 bits per heavy atom. The minimum absolute atomic E-state index is 0.0663. The van der Waals surface area contributed by atoms with Crippen LogP contribution >= 0.6 is 0 Å². The monoisotopic (exact) mass is 502 g/mol. The summed E-state index contributed by atoms with van der Waals surface area (Å²) in [6.07, 6.45) is 2.49. The van der Waals surface area contributed by atoms with Gasteiger partial charge in [0.15, 0.2) is 0 Å². The molecule has 0 aliphatic heterocycles. The Bertz CT molecular complexity index is 1100.